The van der Waals surface area contributed by atoms with Crippen molar-refractivity contribution < 1.29 is 4.79 Å². The Morgan fingerprint density at radius 3 is 2.77 bits per heavy atom. The van der Waals surface area contributed by atoms with Crippen LogP contribution in [0.4, 0.5) is 0 Å². The van der Waals surface area contributed by atoms with E-state index in [9.17, 15) is 4.79 Å². The summed E-state index contributed by atoms with van der Waals surface area (Å²) in [6.07, 6.45) is 2.38. The van der Waals surface area contributed by atoms with Gasteiger partial charge in [0.2, 0.25) is 5.91 Å². The standard InChI is InChI=1S/C10H20N2O/c1-4-12(9(2)13)10-6-5-7-11(3)8-10/h10H,4-8H2,1-3H3/t10-/m0/s1. The predicted molar refractivity (Wildman–Crippen MR) is 53.6 cm³/mol. The first kappa shape index (κ1) is 10.5. The molecule has 0 saturated carbocycles. The minimum Gasteiger partial charge on any atom is -0.339 e. The molecule has 0 aromatic rings. The first-order chi connectivity index (χ1) is 6.15. The molecule has 3 nitrogen and oxygen atoms in total. The van der Waals surface area contributed by atoms with Crippen molar-refractivity contribution in [1.82, 2.24) is 9.80 Å². The summed E-state index contributed by atoms with van der Waals surface area (Å²) in [6.45, 7) is 6.77. The summed E-state index contributed by atoms with van der Waals surface area (Å²) >= 11 is 0. The highest BCUT2D eigenvalue weighted by Crippen LogP contribution is 2.14. The molecule has 0 bridgehead atoms. The molecule has 0 radical (unpaired) electrons. The Morgan fingerprint density at radius 1 is 1.62 bits per heavy atom. The van der Waals surface area contributed by atoms with E-state index in [1.807, 2.05) is 4.90 Å². The van der Waals surface area contributed by atoms with Crippen molar-refractivity contribution in [2.75, 3.05) is 26.7 Å². The summed E-state index contributed by atoms with van der Waals surface area (Å²) in [5.74, 6) is 0.211. The highest BCUT2D eigenvalue weighted by molar-refractivity contribution is 5.73. The number of likely N-dealkylation sites (tertiary alicyclic amines) is 1. The van der Waals surface area contributed by atoms with Gasteiger partial charge in [0.1, 0.15) is 0 Å². The van der Waals surface area contributed by atoms with Crippen LogP contribution in [0.2, 0.25) is 0 Å². The zero-order valence-corrected chi connectivity index (χ0v) is 8.92. The van der Waals surface area contributed by atoms with E-state index in [0.29, 0.717) is 6.04 Å². The summed E-state index contributed by atoms with van der Waals surface area (Å²) in [5.41, 5.74) is 0. The van der Waals surface area contributed by atoms with Crippen LogP contribution in [0.1, 0.15) is 26.7 Å². The SMILES string of the molecule is CCN(C(C)=O)[C@H]1CCCN(C)C1. The highest BCUT2D eigenvalue weighted by Gasteiger charge is 2.23. The van der Waals surface area contributed by atoms with Crippen LogP contribution < -0.4 is 0 Å². The monoisotopic (exact) mass is 184 g/mol. The molecule has 1 heterocycles. The number of likely N-dealkylation sites (N-methyl/N-ethyl adjacent to an activating group) is 2. The molecule has 1 amide bonds. The maximum Gasteiger partial charge on any atom is 0.219 e. The van der Waals surface area contributed by atoms with Crippen LogP contribution in [-0.2, 0) is 4.79 Å². The predicted octanol–water partition coefficient (Wildman–Crippen LogP) is 0.949. The zero-order valence-electron chi connectivity index (χ0n) is 8.92. The maximum atomic E-state index is 11.3. The van der Waals surface area contributed by atoms with Gasteiger partial charge in [-0.15, -0.1) is 0 Å². The largest absolute Gasteiger partial charge is 0.339 e. The van der Waals surface area contributed by atoms with Gasteiger partial charge in [0.15, 0.2) is 0 Å². The number of hydrogen-bond donors (Lipinski definition) is 0. The average molecular weight is 184 g/mol. The molecule has 0 aliphatic carbocycles. The lowest BCUT2D eigenvalue weighted by molar-refractivity contribution is -0.131. The third kappa shape index (κ3) is 2.69. The number of amides is 1. The zero-order chi connectivity index (χ0) is 9.84. The summed E-state index contributed by atoms with van der Waals surface area (Å²) in [7, 11) is 2.13. The van der Waals surface area contributed by atoms with Crippen molar-refractivity contribution >= 4 is 5.91 Å². The van der Waals surface area contributed by atoms with Gasteiger partial charge in [0.25, 0.3) is 0 Å². The lowest BCUT2D eigenvalue weighted by Gasteiger charge is -2.37. The van der Waals surface area contributed by atoms with Gasteiger partial charge >= 0.3 is 0 Å². The van der Waals surface area contributed by atoms with Crippen LogP contribution in [0.15, 0.2) is 0 Å². The van der Waals surface area contributed by atoms with Crippen LogP contribution >= 0.6 is 0 Å². The van der Waals surface area contributed by atoms with Crippen molar-refractivity contribution in [3.05, 3.63) is 0 Å². The minimum absolute atomic E-state index is 0.211. The second-order valence-corrected chi connectivity index (χ2v) is 3.86. The van der Waals surface area contributed by atoms with E-state index in [1.165, 1.54) is 13.0 Å². The number of carbonyl (C=O) groups excluding carboxylic acids is 1. The van der Waals surface area contributed by atoms with Gasteiger partial charge < -0.3 is 9.80 Å². The fourth-order valence-corrected chi connectivity index (χ4v) is 2.13. The van der Waals surface area contributed by atoms with Gasteiger partial charge in [-0.2, -0.15) is 0 Å². The van der Waals surface area contributed by atoms with Crippen molar-refractivity contribution in [3.8, 4) is 0 Å². The van der Waals surface area contributed by atoms with E-state index in [0.717, 1.165) is 19.5 Å². The van der Waals surface area contributed by atoms with Crippen LogP contribution in [0.25, 0.3) is 0 Å². The molecule has 1 atom stereocenters. The van der Waals surface area contributed by atoms with Crippen LogP contribution in [0, 0.1) is 0 Å². The molecule has 1 fully saturated rings. The number of piperidine rings is 1. The van der Waals surface area contributed by atoms with Crippen molar-refractivity contribution in [1.29, 1.82) is 0 Å². The Bertz CT molecular complexity index is 182. The fourth-order valence-electron chi connectivity index (χ4n) is 2.13. The Balaban J connectivity index is 2.52. The summed E-state index contributed by atoms with van der Waals surface area (Å²) in [6, 6.07) is 0.446. The van der Waals surface area contributed by atoms with Gasteiger partial charge in [-0.05, 0) is 33.4 Å². The molecule has 0 aromatic carbocycles. The van der Waals surface area contributed by atoms with Crippen LogP contribution in [0.5, 0.6) is 0 Å². The van der Waals surface area contributed by atoms with E-state index in [1.54, 1.807) is 6.92 Å². The number of carbonyl (C=O) groups is 1. The highest BCUT2D eigenvalue weighted by atomic mass is 16.2. The minimum atomic E-state index is 0.211. The molecule has 1 rings (SSSR count). The normalized spacial score (nSPS) is 24.4. The van der Waals surface area contributed by atoms with Crippen molar-refractivity contribution in [2.24, 2.45) is 0 Å². The second-order valence-electron chi connectivity index (χ2n) is 3.86. The first-order valence-electron chi connectivity index (χ1n) is 5.11. The number of nitrogens with zero attached hydrogens (tertiary/aromatic N) is 2. The molecule has 0 N–H and O–H groups in total. The molecule has 1 aliphatic heterocycles. The molecule has 3 heteroatoms. The molecule has 0 unspecified atom stereocenters. The Kier molecular flexibility index (Phi) is 3.72. The summed E-state index contributed by atoms with van der Waals surface area (Å²) in [4.78, 5) is 15.6. The van der Waals surface area contributed by atoms with E-state index in [2.05, 4.69) is 18.9 Å². The molecule has 76 valence electrons. The third-order valence-electron chi connectivity index (χ3n) is 2.79. The molecule has 1 saturated heterocycles. The lowest BCUT2D eigenvalue weighted by Crippen LogP contribution is -2.48. The van der Waals surface area contributed by atoms with E-state index >= 15 is 0 Å². The third-order valence-corrected chi connectivity index (χ3v) is 2.79. The molecular formula is C10H20N2O. The number of rotatable bonds is 2. The molecule has 0 spiro atoms. The Morgan fingerprint density at radius 2 is 2.31 bits per heavy atom. The van der Waals surface area contributed by atoms with Crippen molar-refractivity contribution in [3.63, 3.8) is 0 Å². The second kappa shape index (κ2) is 4.61. The van der Waals surface area contributed by atoms with Gasteiger partial charge in [0, 0.05) is 26.1 Å². The lowest BCUT2D eigenvalue weighted by atomic mass is 10.0. The topological polar surface area (TPSA) is 23.6 Å². The average Bonchev–Trinajstić information content (AvgIpc) is 2.04. The Labute approximate surface area is 80.7 Å². The van der Waals surface area contributed by atoms with Crippen LogP contribution in [0.3, 0.4) is 0 Å². The van der Waals surface area contributed by atoms with Gasteiger partial charge in [-0.3, -0.25) is 4.79 Å². The fraction of sp³-hybridized carbons (Fsp3) is 0.900. The van der Waals surface area contributed by atoms with Gasteiger partial charge in [-0.25, -0.2) is 0 Å². The Hall–Kier alpha value is -0.570. The quantitative estimate of drug-likeness (QED) is 0.638. The molecule has 0 aromatic heterocycles. The number of hydrogen-bond acceptors (Lipinski definition) is 2. The summed E-state index contributed by atoms with van der Waals surface area (Å²) < 4.78 is 0. The molecule has 1 aliphatic rings. The maximum absolute atomic E-state index is 11.3. The van der Waals surface area contributed by atoms with E-state index in [-0.39, 0.29) is 5.91 Å². The summed E-state index contributed by atoms with van der Waals surface area (Å²) in [5, 5.41) is 0. The van der Waals surface area contributed by atoms with Crippen LogP contribution in [-0.4, -0.2) is 48.4 Å². The van der Waals surface area contributed by atoms with E-state index < -0.39 is 0 Å². The van der Waals surface area contributed by atoms with E-state index in [4.69, 9.17) is 0 Å². The first-order valence-corrected chi connectivity index (χ1v) is 5.11. The smallest absolute Gasteiger partial charge is 0.219 e. The molecule has 13 heavy (non-hydrogen) atoms. The molecular weight excluding hydrogens is 164 g/mol. The van der Waals surface area contributed by atoms with Crippen molar-refractivity contribution in [2.45, 2.75) is 32.7 Å². The van der Waals surface area contributed by atoms with Gasteiger partial charge in [-0.1, -0.05) is 0 Å². The van der Waals surface area contributed by atoms with Gasteiger partial charge in [0.05, 0.1) is 0 Å².